The second kappa shape index (κ2) is 4.23. The molecule has 0 spiro atoms. The molecule has 1 aliphatic heterocycles. The Labute approximate surface area is 78.0 Å². The summed E-state index contributed by atoms with van der Waals surface area (Å²) in [5.74, 6) is -0.264. The van der Waals surface area contributed by atoms with Gasteiger partial charge in [-0.05, 0) is 23.6 Å². The summed E-state index contributed by atoms with van der Waals surface area (Å²) in [5, 5.41) is 0. The van der Waals surface area contributed by atoms with E-state index in [4.69, 9.17) is 9.47 Å². The van der Waals surface area contributed by atoms with Crippen molar-refractivity contribution in [1.82, 2.24) is 0 Å². The predicted molar refractivity (Wildman–Crippen MR) is 49.3 cm³/mol. The van der Waals surface area contributed by atoms with Gasteiger partial charge in [0.05, 0.1) is 13.2 Å². The highest BCUT2D eigenvalue weighted by Gasteiger charge is 2.13. The molecule has 0 fully saturated rings. The van der Waals surface area contributed by atoms with Gasteiger partial charge >= 0.3 is 5.97 Å². The quantitative estimate of drug-likeness (QED) is 0.606. The van der Waals surface area contributed by atoms with Crippen LogP contribution in [-0.4, -0.2) is 25.8 Å². The van der Waals surface area contributed by atoms with E-state index in [-0.39, 0.29) is 5.97 Å². The van der Waals surface area contributed by atoms with Crippen molar-refractivity contribution < 1.29 is 14.3 Å². The highest BCUT2D eigenvalue weighted by Crippen LogP contribution is 2.19. The molecule has 0 unspecified atom stereocenters. The molecular formula is C10H14O3. The van der Waals surface area contributed by atoms with Crippen molar-refractivity contribution in [3.8, 4) is 0 Å². The van der Waals surface area contributed by atoms with Gasteiger partial charge in [-0.2, -0.15) is 0 Å². The third kappa shape index (κ3) is 2.70. The molecule has 0 radical (unpaired) electrons. The molecule has 3 heteroatoms. The second-order valence-corrected chi connectivity index (χ2v) is 3.14. The molecule has 0 amide bonds. The summed E-state index contributed by atoms with van der Waals surface area (Å²) in [6.07, 6.45) is 0. The number of carbonyl (C=O) groups is 1. The van der Waals surface area contributed by atoms with Gasteiger partial charge in [0.2, 0.25) is 0 Å². The van der Waals surface area contributed by atoms with Gasteiger partial charge in [0.25, 0.3) is 0 Å². The van der Waals surface area contributed by atoms with Gasteiger partial charge < -0.3 is 9.47 Å². The Hall–Kier alpha value is -1.09. The van der Waals surface area contributed by atoms with E-state index in [1.54, 1.807) is 0 Å². The van der Waals surface area contributed by atoms with Crippen LogP contribution < -0.4 is 0 Å². The van der Waals surface area contributed by atoms with E-state index < -0.39 is 0 Å². The maximum Gasteiger partial charge on any atom is 0.302 e. The van der Waals surface area contributed by atoms with E-state index in [2.05, 4.69) is 6.58 Å². The lowest BCUT2D eigenvalue weighted by Crippen LogP contribution is -2.16. The summed E-state index contributed by atoms with van der Waals surface area (Å²) in [6, 6.07) is 0. The molecule has 3 nitrogen and oxygen atoms in total. The van der Waals surface area contributed by atoms with Crippen molar-refractivity contribution in [1.29, 1.82) is 0 Å². The van der Waals surface area contributed by atoms with Crippen molar-refractivity contribution in [2.75, 3.05) is 19.8 Å². The predicted octanol–water partition coefficient (Wildman–Crippen LogP) is 1.45. The fourth-order valence-electron chi connectivity index (χ4n) is 1.20. The molecule has 13 heavy (non-hydrogen) atoms. The molecule has 72 valence electrons. The SMILES string of the molecule is C=C1COCC(C)=C1COC(C)=O. The number of hydrogen-bond acceptors (Lipinski definition) is 3. The lowest BCUT2D eigenvalue weighted by atomic mass is 10.0. The fourth-order valence-corrected chi connectivity index (χ4v) is 1.20. The van der Waals surface area contributed by atoms with E-state index >= 15 is 0 Å². The molecule has 0 aliphatic carbocycles. The maximum atomic E-state index is 10.6. The monoisotopic (exact) mass is 182 g/mol. The maximum absolute atomic E-state index is 10.6. The zero-order valence-electron chi connectivity index (χ0n) is 8.05. The average molecular weight is 182 g/mol. The lowest BCUT2D eigenvalue weighted by molar-refractivity contribution is -0.139. The van der Waals surface area contributed by atoms with Crippen LogP contribution in [0.5, 0.6) is 0 Å². The largest absolute Gasteiger partial charge is 0.461 e. The van der Waals surface area contributed by atoms with Crippen LogP contribution in [0.25, 0.3) is 0 Å². The summed E-state index contributed by atoms with van der Waals surface area (Å²) >= 11 is 0. The molecule has 1 heterocycles. The van der Waals surface area contributed by atoms with Crippen molar-refractivity contribution >= 4 is 5.97 Å². The highest BCUT2D eigenvalue weighted by molar-refractivity contribution is 5.66. The van der Waals surface area contributed by atoms with Gasteiger partial charge in [0.1, 0.15) is 6.61 Å². The number of carbonyl (C=O) groups excluding carboxylic acids is 1. The van der Waals surface area contributed by atoms with E-state index in [1.807, 2.05) is 6.92 Å². The highest BCUT2D eigenvalue weighted by atomic mass is 16.5. The summed E-state index contributed by atoms with van der Waals surface area (Å²) < 4.78 is 10.1. The average Bonchev–Trinajstić information content (AvgIpc) is 2.03. The van der Waals surface area contributed by atoms with Gasteiger partial charge in [0, 0.05) is 6.92 Å². The summed E-state index contributed by atoms with van der Waals surface area (Å²) in [5.41, 5.74) is 3.02. The van der Waals surface area contributed by atoms with Crippen LogP contribution in [0.15, 0.2) is 23.3 Å². The molecule has 0 aromatic rings. The Kier molecular flexibility index (Phi) is 3.25. The molecular weight excluding hydrogens is 168 g/mol. The molecule has 1 rings (SSSR count). The Balaban J connectivity index is 2.63. The Morgan fingerprint density at radius 2 is 2.31 bits per heavy atom. The summed E-state index contributed by atoms with van der Waals surface area (Å²) in [4.78, 5) is 10.6. The Morgan fingerprint density at radius 3 is 2.85 bits per heavy atom. The number of esters is 1. The first-order valence-electron chi connectivity index (χ1n) is 4.19. The van der Waals surface area contributed by atoms with Gasteiger partial charge in [-0.3, -0.25) is 4.79 Å². The second-order valence-electron chi connectivity index (χ2n) is 3.14. The van der Waals surface area contributed by atoms with Crippen LogP contribution in [-0.2, 0) is 14.3 Å². The third-order valence-electron chi connectivity index (χ3n) is 1.96. The Morgan fingerprint density at radius 1 is 1.62 bits per heavy atom. The smallest absolute Gasteiger partial charge is 0.302 e. The molecule has 0 saturated heterocycles. The van der Waals surface area contributed by atoms with Crippen molar-refractivity contribution in [2.24, 2.45) is 0 Å². The normalized spacial score (nSPS) is 17.5. The van der Waals surface area contributed by atoms with E-state index in [9.17, 15) is 4.79 Å². The Bertz CT molecular complexity index is 263. The van der Waals surface area contributed by atoms with Gasteiger partial charge in [-0.25, -0.2) is 0 Å². The van der Waals surface area contributed by atoms with E-state index in [0.717, 1.165) is 16.7 Å². The topological polar surface area (TPSA) is 35.5 Å². The molecule has 1 aliphatic rings. The van der Waals surface area contributed by atoms with Crippen LogP contribution in [0, 0.1) is 0 Å². The zero-order valence-corrected chi connectivity index (χ0v) is 8.05. The minimum atomic E-state index is -0.264. The molecule has 0 aromatic carbocycles. The van der Waals surface area contributed by atoms with Crippen LogP contribution in [0.4, 0.5) is 0 Å². The minimum Gasteiger partial charge on any atom is -0.461 e. The molecule has 0 bridgehead atoms. The fraction of sp³-hybridized carbons (Fsp3) is 0.500. The number of hydrogen-bond donors (Lipinski definition) is 0. The summed E-state index contributed by atoms with van der Waals surface area (Å²) in [7, 11) is 0. The number of rotatable bonds is 2. The first-order valence-corrected chi connectivity index (χ1v) is 4.19. The first-order chi connectivity index (χ1) is 6.11. The zero-order chi connectivity index (χ0) is 9.84. The van der Waals surface area contributed by atoms with E-state index in [0.29, 0.717) is 19.8 Å². The van der Waals surface area contributed by atoms with Gasteiger partial charge in [-0.1, -0.05) is 6.58 Å². The standard InChI is InChI=1S/C10H14O3/c1-7-4-12-5-8(2)10(7)6-13-9(3)11/h1,4-6H2,2-3H3. The van der Waals surface area contributed by atoms with Gasteiger partial charge in [-0.15, -0.1) is 0 Å². The summed E-state index contributed by atoms with van der Waals surface area (Å²) in [6.45, 7) is 8.68. The molecule has 0 aromatic heterocycles. The van der Waals surface area contributed by atoms with Crippen molar-refractivity contribution in [2.45, 2.75) is 13.8 Å². The van der Waals surface area contributed by atoms with Crippen LogP contribution >= 0.6 is 0 Å². The lowest BCUT2D eigenvalue weighted by Gasteiger charge is -2.20. The van der Waals surface area contributed by atoms with Crippen LogP contribution in [0.2, 0.25) is 0 Å². The molecule has 0 saturated carbocycles. The number of ether oxygens (including phenoxy) is 2. The van der Waals surface area contributed by atoms with Gasteiger partial charge in [0.15, 0.2) is 0 Å². The first kappa shape index (κ1) is 9.99. The molecule has 0 atom stereocenters. The van der Waals surface area contributed by atoms with E-state index in [1.165, 1.54) is 6.92 Å². The van der Waals surface area contributed by atoms with Crippen molar-refractivity contribution in [3.05, 3.63) is 23.3 Å². The molecule has 0 N–H and O–H groups in total. The third-order valence-corrected chi connectivity index (χ3v) is 1.96. The van der Waals surface area contributed by atoms with Crippen LogP contribution in [0.3, 0.4) is 0 Å². The minimum absolute atomic E-state index is 0.264. The van der Waals surface area contributed by atoms with Crippen LogP contribution in [0.1, 0.15) is 13.8 Å². The van der Waals surface area contributed by atoms with Crippen molar-refractivity contribution in [3.63, 3.8) is 0 Å².